The van der Waals surface area contributed by atoms with Crippen molar-refractivity contribution in [1.29, 1.82) is 0 Å². The Morgan fingerprint density at radius 2 is 1.79 bits per heavy atom. The maximum absolute atomic E-state index is 5.49. The monoisotopic (exact) mass is 251 g/mol. The molecule has 5 heteroatoms. The molecule has 0 fully saturated rings. The number of hydrogen-bond acceptors (Lipinski definition) is 4. The second-order valence-corrected chi connectivity index (χ2v) is 4.18. The zero-order valence-corrected chi connectivity index (χ0v) is 10.3. The molecule has 0 aliphatic heterocycles. The van der Waals surface area contributed by atoms with E-state index >= 15 is 0 Å². The standard InChI is InChI=1S/C14H13N5/c15-16-13(11-6-2-1-3-7-11)10-19-14-9-5-4-8-12(14)17-18-19/h1-9H,10,15H2. The maximum atomic E-state index is 5.49. The quantitative estimate of drug-likeness (QED) is 0.438. The van der Waals surface area contributed by atoms with Crippen LogP contribution in [0.2, 0.25) is 0 Å². The number of benzene rings is 2. The van der Waals surface area contributed by atoms with Crippen molar-refractivity contribution < 1.29 is 0 Å². The van der Waals surface area contributed by atoms with Gasteiger partial charge in [0.05, 0.1) is 17.8 Å². The van der Waals surface area contributed by atoms with Gasteiger partial charge in [-0.1, -0.05) is 47.7 Å². The van der Waals surface area contributed by atoms with Gasteiger partial charge in [0, 0.05) is 0 Å². The number of nitrogens with two attached hydrogens (primary N) is 1. The molecule has 0 radical (unpaired) electrons. The minimum Gasteiger partial charge on any atom is -0.323 e. The first-order valence-corrected chi connectivity index (χ1v) is 5.99. The highest BCUT2D eigenvalue weighted by Crippen LogP contribution is 2.11. The van der Waals surface area contributed by atoms with E-state index in [4.69, 9.17) is 5.84 Å². The van der Waals surface area contributed by atoms with Gasteiger partial charge < -0.3 is 5.84 Å². The fourth-order valence-electron chi connectivity index (χ4n) is 2.01. The zero-order valence-electron chi connectivity index (χ0n) is 10.3. The molecule has 0 atom stereocenters. The fourth-order valence-corrected chi connectivity index (χ4v) is 2.01. The van der Waals surface area contributed by atoms with Crippen molar-refractivity contribution in [2.75, 3.05) is 0 Å². The Balaban J connectivity index is 1.96. The van der Waals surface area contributed by atoms with Gasteiger partial charge in [0.25, 0.3) is 0 Å². The number of nitrogens with zero attached hydrogens (tertiary/aromatic N) is 4. The first kappa shape index (κ1) is 11.4. The molecule has 0 aliphatic rings. The fraction of sp³-hybridized carbons (Fsp3) is 0.0714. The molecule has 0 saturated carbocycles. The van der Waals surface area contributed by atoms with Gasteiger partial charge in [-0.15, -0.1) is 5.10 Å². The summed E-state index contributed by atoms with van der Waals surface area (Å²) in [5.41, 5.74) is 3.60. The van der Waals surface area contributed by atoms with E-state index < -0.39 is 0 Å². The topological polar surface area (TPSA) is 69.1 Å². The molecule has 3 aromatic rings. The molecule has 1 aromatic heterocycles. The molecule has 2 aromatic carbocycles. The number of hydrogen-bond donors (Lipinski definition) is 1. The van der Waals surface area contributed by atoms with Crippen molar-refractivity contribution in [3.05, 3.63) is 60.2 Å². The lowest BCUT2D eigenvalue weighted by atomic mass is 10.1. The van der Waals surface area contributed by atoms with E-state index in [0.717, 1.165) is 22.3 Å². The third-order valence-electron chi connectivity index (χ3n) is 2.98. The molecule has 2 N–H and O–H groups in total. The van der Waals surface area contributed by atoms with Gasteiger partial charge in [0.1, 0.15) is 5.52 Å². The van der Waals surface area contributed by atoms with Crippen LogP contribution in [0.15, 0.2) is 59.7 Å². The third-order valence-corrected chi connectivity index (χ3v) is 2.98. The molecule has 0 amide bonds. The summed E-state index contributed by atoms with van der Waals surface area (Å²) in [6.07, 6.45) is 0. The van der Waals surface area contributed by atoms with E-state index in [1.165, 1.54) is 0 Å². The van der Waals surface area contributed by atoms with Crippen LogP contribution in [0.3, 0.4) is 0 Å². The summed E-state index contributed by atoms with van der Waals surface area (Å²) >= 11 is 0. The Morgan fingerprint density at radius 1 is 1.05 bits per heavy atom. The van der Waals surface area contributed by atoms with E-state index in [2.05, 4.69) is 15.4 Å². The second-order valence-electron chi connectivity index (χ2n) is 4.18. The van der Waals surface area contributed by atoms with E-state index in [1.807, 2.05) is 54.6 Å². The van der Waals surface area contributed by atoms with Crippen LogP contribution in [0, 0.1) is 0 Å². The average molecular weight is 251 g/mol. The Hall–Kier alpha value is -2.69. The highest BCUT2D eigenvalue weighted by atomic mass is 15.4. The molecular formula is C14H13N5. The molecule has 0 unspecified atom stereocenters. The second kappa shape index (κ2) is 4.89. The first-order chi connectivity index (χ1) is 9.38. The number of hydrazone groups is 1. The molecule has 0 bridgehead atoms. The van der Waals surface area contributed by atoms with E-state index in [9.17, 15) is 0 Å². The molecule has 0 spiro atoms. The highest BCUT2D eigenvalue weighted by molar-refractivity contribution is 6.00. The Bertz CT molecular complexity index is 715. The summed E-state index contributed by atoms with van der Waals surface area (Å²) in [6, 6.07) is 17.6. The van der Waals surface area contributed by atoms with E-state index in [-0.39, 0.29) is 0 Å². The van der Waals surface area contributed by atoms with Crippen molar-refractivity contribution in [3.8, 4) is 0 Å². The van der Waals surface area contributed by atoms with E-state index in [0.29, 0.717) is 6.54 Å². The number of aromatic nitrogens is 3. The van der Waals surface area contributed by atoms with Crippen LogP contribution < -0.4 is 5.84 Å². The molecule has 3 rings (SSSR count). The Labute approximate surface area is 110 Å². The Kier molecular flexibility index (Phi) is 2.94. The van der Waals surface area contributed by atoms with Gasteiger partial charge in [-0.2, -0.15) is 5.10 Å². The van der Waals surface area contributed by atoms with Crippen molar-refractivity contribution in [1.82, 2.24) is 15.0 Å². The zero-order chi connectivity index (χ0) is 13.1. The average Bonchev–Trinajstić information content (AvgIpc) is 2.89. The molecule has 19 heavy (non-hydrogen) atoms. The molecule has 1 heterocycles. The lowest BCUT2D eigenvalue weighted by Crippen LogP contribution is -2.14. The predicted octanol–water partition coefficient (Wildman–Crippen LogP) is 1.79. The summed E-state index contributed by atoms with van der Waals surface area (Å²) in [6.45, 7) is 0.501. The molecule has 5 nitrogen and oxygen atoms in total. The third kappa shape index (κ3) is 2.18. The predicted molar refractivity (Wildman–Crippen MR) is 74.7 cm³/mol. The van der Waals surface area contributed by atoms with Gasteiger partial charge in [0.2, 0.25) is 0 Å². The lowest BCUT2D eigenvalue weighted by molar-refractivity contribution is 0.699. The molecular weight excluding hydrogens is 238 g/mol. The van der Waals surface area contributed by atoms with Crippen LogP contribution >= 0.6 is 0 Å². The van der Waals surface area contributed by atoms with Crippen LogP contribution in [0.4, 0.5) is 0 Å². The number of fused-ring (bicyclic) bond motifs is 1. The molecule has 0 aliphatic carbocycles. The number of rotatable bonds is 3. The summed E-state index contributed by atoms with van der Waals surface area (Å²) in [5.74, 6) is 5.49. The van der Waals surface area contributed by atoms with Gasteiger partial charge in [0.15, 0.2) is 0 Å². The largest absolute Gasteiger partial charge is 0.323 e. The van der Waals surface area contributed by atoms with Crippen molar-refractivity contribution in [2.24, 2.45) is 10.9 Å². The summed E-state index contributed by atoms with van der Waals surface area (Å²) < 4.78 is 1.80. The summed E-state index contributed by atoms with van der Waals surface area (Å²) in [7, 11) is 0. The summed E-state index contributed by atoms with van der Waals surface area (Å²) in [5, 5.41) is 12.1. The van der Waals surface area contributed by atoms with Gasteiger partial charge in [-0.25, -0.2) is 4.68 Å². The van der Waals surface area contributed by atoms with Crippen LogP contribution in [0.25, 0.3) is 11.0 Å². The van der Waals surface area contributed by atoms with Crippen molar-refractivity contribution in [2.45, 2.75) is 6.54 Å². The summed E-state index contributed by atoms with van der Waals surface area (Å²) in [4.78, 5) is 0. The SMILES string of the molecule is NN=C(Cn1nnc2ccccc21)c1ccccc1. The first-order valence-electron chi connectivity index (χ1n) is 5.99. The van der Waals surface area contributed by atoms with E-state index in [1.54, 1.807) is 4.68 Å². The van der Waals surface area contributed by atoms with Crippen molar-refractivity contribution >= 4 is 16.7 Å². The smallest absolute Gasteiger partial charge is 0.113 e. The van der Waals surface area contributed by atoms with Crippen LogP contribution in [-0.4, -0.2) is 20.7 Å². The highest BCUT2D eigenvalue weighted by Gasteiger charge is 2.08. The van der Waals surface area contributed by atoms with Crippen LogP contribution in [-0.2, 0) is 6.54 Å². The van der Waals surface area contributed by atoms with Crippen LogP contribution in [0.5, 0.6) is 0 Å². The van der Waals surface area contributed by atoms with Gasteiger partial charge in [-0.3, -0.25) is 0 Å². The lowest BCUT2D eigenvalue weighted by Gasteiger charge is -2.05. The Morgan fingerprint density at radius 3 is 2.58 bits per heavy atom. The minimum absolute atomic E-state index is 0.501. The van der Waals surface area contributed by atoms with Crippen LogP contribution in [0.1, 0.15) is 5.56 Å². The molecule has 94 valence electrons. The normalized spacial score (nSPS) is 11.9. The molecule has 0 saturated heterocycles. The van der Waals surface area contributed by atoms with Gasteiger partial charge >= 0.3 is 0 Å². The number of para-hydroxylation sites is 1. The van der Waals surface area contributed by atoms with Gasteiger partial charge in [-0.05, 0) is 17.7 Å². The maximum Gasteiger partial charge on any atom is 0.113 e. The minimum atomic E-state index is 0.501. The van der Waals surface area contributed by atoms with Crippen molar-refractivity contribution in [3.63, 3.8) is 0 Å².